The summed E-state index contributed by atoms with van der Waals surface area (Å²) in [5, 5.41) is 13.3. The number of carbonyl (C=O) groups is 2. The van der Waals surface area contributed by atoms with E-state index in [2.05, 4.69) is 39.2 Å². The summed E-state index contributed by atoms with van der Waals surface area (Å²) in [4.78, 5) is 24.9. The highest BCUT2D eigenvalue weighted by atomic mass is 35.5. The minimum atomic E-state index is -2.29. The van der Waals surface area contributed by atoms with Crippen LogP contribution in [-0.4, -0.2) is 42.7 Å². The van der Waals surface area contributed by atoms with Gasteiger partial charge in [0.2, 0.25) is 5.54 Å². The summed E-state index contributed by atoms with van der Waals surface area (Å²) >= 11 is 6.12. The first kappa shape index (κ1) is 26.6. The van der Waals surface area contributed by atoms with Gasteiger partial charge >= 0.3 is 11.9 Å². The van der Waals surface area contributed by atoms with Gasteiger partial charge in [0.15, 0.2) is 8.32 Å². The number of aliphatic carboxylic acids is 1. The second kappa shape index (κ2) is 9.38. The number of carbonyl (C=O) groups excluding carboxylic acids is 1. The zero-order chi connectivity index (χ0) is 23.5. The lowest BCUT2D eigenvalue weighted by Crippen LogP contribution is -2.63. The highest BCUT2D eigenvalue weighted by Gasteiger charge is 2.48. The van der Waals surface area contributed by atoms with Crippen molar-refractivity contribution in [2.75, 3.05) is 0 Å². The number of carboxylic acid groups (broad SMARTS) is 1. The molecule has 1 aromatic carbocycles. The third-order valence-corrected chi connectivity index (χ3v) is 9.96. The first-order valence-corrected chi connectivity index (χ1v) is 13.3. The Morgan fingerprint density at radius 3 is 2.13 bits per heavy atom. The molecule has 0 unspecified atom stereocenters. The smallest absolute Gasteiger partial charge is 0.338 e. The molecular weight excluding hydrogens is 422 g/mol. The van der Waals surface area contributed by atoms with Gasteiger partial charge in [0.25, 0.3) is 0 Å². The largest absolute Gasteiger partial charge is 0.479 e. The highest BCUT2D eigenvalue weighted by Crippen LogP contribution is 2.37. The number of hydrogen-bond acceptors (Lipinski definition) is 5. The van der Waals surface area contributed by atoms with Crippen molar-refractivity contribution in [3.05, 3.63) is 34.9 Å². The summed E-state index contributed by atoms with van der Waals surface area (Å²) in [6, 6.07) is 7.29. The van der Waals surface area contributed by atoms with E-state index in [1.165, 1.54) is 6.92 Å². The average Bonchev–Trinajstić information content (AvgIpc) is 2.51. The Morgan fingerprint density at radius 2 is 1.70 bits per heavy atom. The van der Waals surface area contributed by atoms with Gasteiger partial charge in [-0.1, -0.05) is 44.5 Å². The van der Waals surface area contributed by atoms with Crippen LogP contribution < -0.4 is 5.32 Å². The quantitative estimate of drug-likeness (QED) is 0.247. The lowest BCUT2D eigenvalue weighted by molar-refractivity contribution is -0.172. The summed E-state index contributed by atoms with van der Waals surface area (Å²) in [7, 11) is -2.29. The molecule has 2 atom stereocenters. The van der Waals surface area contributed by atoms with E-state index in [-0.39, 0.29) is 5.04 Å². The lowest BCUT2D eigenvalue weighted by Gasteiger charge is -2.41. The molecule has 6 nitrogen and oxygen atoms in total. The molecule has 0 fully saturated rings. The van der Waals surface area contributed by atoms with Crippen LogP contribution in [0.2, 0.25) is 23.2 Å². The summed E-state index contributed by atoms with van der Waals surface area (Å²) in [6.07, 6.45) is -0.378. The minimum absolute atomic E-state index is 0.104. The SMILES string of the molecule is CC(C)(C)OC(=O)[C@](C)(N[C@@H](Cc1cccc(Cl)c1)O[Si](C)(C)C(C)(C)C)C(=O)O. The fourth-order valence-electron chi connectivity index (χ4n) is 2.44. The topological polar surface area (TPSA) is 84.9 Å². The lowest BCUT2D eigenvalue weighted by atomic mass is 10.0. The molecule has 170 valence electrons. The molecule has 0 heterocycles. The van der Waals surface area contributed by atoms with Gasteiger partial charge in [-0.3, -0.25) is 5.32 Å². The summed E-state index contributed by atoms with van der Waals surface area (Å²) in [6.45, 7) is 16.8. The van der Waals surface area contributed by atoms with Crippen molar-refractivity contribution in [1.82, 2.24) is 5.32 Å². The normalized spacial score (nSPS) is 15.9. The number of hydrogen-bond donors (Lipinski definition) is 2. The Bertz CT molecular complexity index is 770. The molecule has 0 saturated heterocycles. The van der Waals surface area contributed by atoms with Gasteiger partial charge in [-0.2, -0.15) is 0 Å². The molecule has 2 N–H and O–H groups in total. The van der Waals surface area contributed by atoms with Crippen LogP contribution >= 0.6 is 11.6 Å². The van der Waals surface area contributed by atoms with E-state index in [4.69, 9.17) is 20.8 Å². The molecule has 8 heteroatoms. The zero-order valence-electron chi connectivity index (χ0n) is 19.6. The number of rotatable bonds is 8. The van der Waals surface area contributed by atoms with Crippen LogP contribution in [0, 0.1) is 0 Å². The van der Waals surface area contributed by atoms with Gasteiger partial charge in [-0.05, 0) is 63.5 Å². The van der Waals surface area contributed by atoms with Gasteiger partial charge in [0, 0.05) is 11.4 Å². The van der Waals surface area contributed by atoms with Gasteiger partial charge < -0.3 is 14.3 Å². The average molecular weight is 458 g/mol. The fourth-order valence-corrected chi connectivity index (χ4v) is 3.86. The van der Waals surface area contributed by atoms with Gasteiger partial charge in [-0.15, -0.1) is 0 Å². The van der Waals surface area contributed by atoms with E-state index in [1.807, 2.05) is 12.1 Å². The minimum Gasteiger partial charge on any atom is -0.479 e. The second-order valence-electron chi connectivity index (χ2n) is 10.3. The van der Waals surface area contributed by atoms with Gasteiger partial charge in [0.05, 0.1) is 0 Å². The Kier molecular flexibility index (Phi) is 8.33. The van der Waals surface area contributed by atoms with Crippen LogP contribution in [0.5, 0.6) is 0 Å². The number of esters is 1. The van der Waals surface area contributed by atoms with E-state index in [0.717, 1.165) is 5.56 Å². The van der Waals surface area contributed by atoms with Crippen molar-refractivity contribution in [2.45, 2.75) is 90.4 Å². The Morgan fingerprint density at radius 1 is 1.13 bits per heavy atom. The molecule has 0 aliphatic carbocycles. The summed E-state index contributed by atoms with van der Waals surface area (Å²) in [5.74, 6) is -2.19. The summed E-state index contributed by atoms with van der Waals surface area (Å²) in [5.41, 5.74) is -1.92. The van der Waals surface area contributed by atoms with Crippen LogP contribution in [-0.2, 0) is 25.2 Å². The van der Waals surface area contributed by atoms with Crippen LogP contribution in [0.15, 0.2) is 24.3 Å². The second-order valence-corrected chi connectivity index (χ2v) is 15.5. The Labute approximate surface area is 186 Å². The highest BCUT2D eigenvalue weighted by molar-refractivity contribution is 6.74. The molecule has 0 spiro atoms. The number of nitrogens with one attached hydrogen (secondary N) is 1. The van der Waals surface area contributed by atoms with E-state index in [1.54, 1.807) is 32.9 Å². The molecule has 1 rings (SSSR count). The Balaban J connectivity index is 3.30. The first-order chi connectivity index (χ1) is 13.4. The number of carboxylic acids is 1. The maximum atomic E-state index is 12.8. The molecule has 0 saturated carbocycles. The van der Waals surface area contributed by atoms with Crippen molar-refractivity contribution in [2.24, 2.45) is 0 Å². The van der Waals surface area contributed by atoms with Crippen LogP contribution in [0.1, 0.15) is 54.0 Å². The monoisotopic (exact) mass is 457 g/mol. The van der Waals surface area contributed by atoms with Gasteiger partial charge in [-0.25, -0.2) is 9.59 Å². The van der Waals surface area contributed by atoms with E-state index in [9.17, 15) is 14.7 Å². The standard InChI is InChI=1S/C22H36ClNO5Si/c1-20(2,3)28-19(27)22(7,18(25)26)24-17(29-30(8,9)21(4,5)6)14-15-11-10-12-16(23)13-15/h10-13,17,24H,14H2,1-9H3,(H,25,26)/t17-,22-/m1/s1. The van der Waals surface area contributed by atoms with E-state index in [0.29, 0.717) is 11.4 Å². The number of ether oxygens (including phenoxy) is 1. The van der Waals surface area contributed by atoms with Crippen LogP contribution in [0.4, 0.5) is 0 Å². The summed E-state index contributed by atoms with van der Waals surface area (Å²) < 4.78 is 11.9. The number of benzene rings is 1. The molecular formula is C22H36ClNO5Si. The third-order valence-electron chi connectivity index (χ3n) is 5.24. The molecule has 0 bridgehead atoms. The predicted octanol–water partition coefficient (Wildman–Crippen LogP) is 5.01. The molecule has 0 radical (unpaired) electrons. The van der Waals surface area contributed by atoms with Crippen molar-refractivity contribution in [3.63, 3.8) is 0 Å². The zero-order valence-corrected chi connectivity index (χ0v) is 21.3. The third kappa shape index (κ3) is 7.37. The molecule has 0 aliphatic rings. The fraction of sp³-hybridized carbons (Fsp3) is 0.636. The molecule has 0 aliphatic heterocycles. The predicted molar refractivity (Wildman–Crippen MR) is 122 cm³/mol. The maximum absolute atomic E-state index is 12.8. The maximum Gasteiger partial charge on any atom is 0.338 e. The van der Waals surface area contributed by atoms with Crippen molar-refractivity contribution >= 4 is 31.9 Å². The van der Waals surface area contributed by atoms with E-state index >= 15 is 0 Å². The van der Waals surface area contributed by atoms with Gasteiger partial charge in [0.1, 0.15) is 11.8 Å². The Hall–Kier alpha value is -1.41. The molecule has 1 aromatic rings. The van der Waals surface area contributed by atoms with Crippen molar-refractivity contribution in [1.29, 1.82) is 0 Å². The van der Waals surface area contributed by atoms with Crippen LogP contribution in [0.25, 0.3) is 0 Å². The van der Waals surface area contributed by atoms with Crippen LogP contribution in [0.3, 0.4) is 0 Å². The first-order valence-electron chi connectivity index (χ1n) is 10.0. The van der Waals surface area contributed by atoms with Crippen molar-refractivity contribution < 1.29 is 23.9 Å². The molecule has 0 amide bonds. The van der Waals surface area contributed by atoms with Crippen molar-refractivity contribution in [3.8, 4) is 0 Å². The molecule has 0 aromatic heterocycles. The molecule has 30 heavy (non-hydrogen) atoms. The van der Waals surface area contributed by atoms with E-state index < -0.39 is 37.6 Å². The number of halogens is 1.